The van der Waals surface area contributed by atoms with Crippen LogP contribution in [-0.2, 0) is 0 Å². The smallest absolute Gasteiger partial charge is 0.131 e. The van der Waals surface area contributed by atoms with Crippen LogP contribution in [0.5, 0.6) is 0 Å². The minimum Gasteiger partial charge on any atom is -0.316 e. The molecule has 16 heavy (non-hydrogen) atoms. The van der Waals surface area contributed by atoms with Crippen LogP contribution in [0.1, 0.15) is 49.0 Å². The summed E-state index contributed by atoms with van der Waals surface area (Å²) >= 11 is 3.58. The van der Waals surface area contributed by atoms with Crippen molar-refractivity contribution in [1.29, 1.82) is 0 Å². The van der Waals surface area contributed by atoms with Crippen LogP contribution in [-0.4, -0.2) is 23.1 Å². The molecule has 2 heterocycles. The van der Waals surface area contributed by atoms with Crippen LogP contribution >= 0.6 is 15.9 Å². The van der Waals surface area contributed by atoms with Crippen LogP contribution in [0.2, 0.25) is 0 Å². The maximum absolute atomic E-state index is 4.76. The highest BCUT2D eigenvalue weighted by molar-refractivity contribution is 9.10. The fourth-order valence-corrected chi connectivity index (χ4v) is 2.82. The zero-order chi connectivity index (χ0) is 11.0. The standard InChI is InChI=1S/C12H16BrN3/c13-10-7-15-12(8-3-4-8)16-11(10)9-2-1-5-14-6-9/h7-9,14H,1-6H2. The van der Waals surface area contributed by atoms with E-state index in [-0.39, 0.29) is 0 Å². The van der Waals surface area contributed by atoms with Crippen molar-refractivity contribution in [3.63, 3.8) is 0 Å². The molecule has 0 spiro atoms. The second kappa shape index (κ2) is 4.41. The zero-order valence-electron chi connectivity index (χ0n) is 9.25. The van der Waals surface area contributed by atoms with Gasteiger partial charge in [0.15, 0.2) is 0 Å². The molecule has 4 heteroatoms. The van der Waals surface area contributed by atoms with Gasteiger partial charge < -0.3 is 5.32 Å². The summed E-state index contributed by atoms with van der Waals surface area (Å²) in [6.45, 7) is 2.20. The molecule has 2 fully saturated rings. The molecule has 3 nitrogen and oxygen atoms in total. The second-order valence-corrected chi connectivity index (χ2v) is 5.63. The molecule has 86 valence electrons. The zero-order valence-corrected chi connectivity index (χ0v) is 10.8. The molecular weight excluding hydrogens is 266 g/mol. The van der Waals surface area contributed by atoms with E-state index in [0.29, 0.717) is 11.8 Å². The van der Waals surface area contributed by atoms with Crippen LogP contribution in [0, 0.1) is 0 Å². The Bertz CT molecular complexity index is 384. The van der Waals surface area contributed by atoms with Gasteiger partial charge in [-0.25, -0.2) is 9.97 Å². The SMILES string of the molecule is Brc1cnc(C2CC2)nc1C1CCCNC1. The van der Waals surface area contributed by atoms with Crippen molar-refractivity contribution in [3.8, 4) is 0 Å². The van der Waals surface area contributed by atoms with E-state index in [1.54, 1.807) is 0 Å². The minimum atomic E-state index is 0.559. The summed E-state index contributed by atoms with van der Waals surface area (Å²) in [5.74, 6) is 2.26. The quantitative estimate of drug-likeness (QED) is 0.906. The van der Waals surface area contributed by atoms with Crippen molar-refractivity contribution in [1.82, 2.24) is 15.3 Å². The van der Waals surface area contributed by atoms with Gasteiger partial charge in [-0.3, -0.25) is 0 Å². The summed E-state index contributed by atoms with van der Waals surface area (Å²) in [7, 11) is 0. The van der Waals surface area contributed by atoms with Gasteiger partial charge in [0.2, 0.25) is 0 Å². The van der Waals surface area contributed by atoms with Crippen molar-refractivity contribution in [2.24, 2.45) is 0 Å². The minimum absolute atomic E-state index is 0.559. The van der Waals surface area contributed by atoms with E-state index >= 15 is 0 Å². The summed E-state index contributed by atoms with van der Waals surface area (Å²) in [4.78, 5) is 9.18. The van der Waals surface area contributed by atoms with Gasteiger partial charge in [-0.05, 0) is 48.2 Å². The first-order valence-electron chi connectivity index (χ1n) is 6.07. The number of hydrogen-bond acceptors (Lipinski definition) is 3. The van der Waals surface area contributed by atoms with Crippen LogP contribution in [0.4, 0.5) is 0 Å². The molecule has 1 aromatic heterocycles. The molecule has 1 N–H and O–H groups in total. The van der Waals surface area contributed by atoms with E-state index in [1.165, 1.54) is 31.4 Å². The summed E-state index contributed by atoms with van der Waals surface area (Å²) in [5, 5.41) is 3.44. The molecular formula is C12H16BrN3. The van der Waals surface area contributed by atoms with Gasteiger partial charge in [0.1, 0.15) is 5.82 Å². The van der Waals surface area contributed by atoms with E-state index in [0.717, 1.165) is 23.4 Å². The molecule has 3 rings (SSSR count). The highest BCUT2D eigenvalue weighted by atomic mass is 79.9. The largest absolute Gasteiger partial charge is 0.316 e. The summed E-state index contributed by atoms with van der Waals surface area (Å²) in [6.07, 6.45) is 6.96. The van der Waals surface area contributed by atoms with Crippen LogP contribution in [0.25, 0.3) is 0 Å². The van der Waals surface area contributed by atoms with E-state index in [1.807, 2.05) is 6.20 Å². The van der Waals surface area contributed by atoms with Crippen LogP contribution in [0.15, 0.2) is 10.7 Å². The van der Waals surface area contributed by atoms with Gasteiger partial charge in [-0.2, -0.15) is 0 Å². The molecule has 1 saturated carbocycles. The lowest BCUT2D eigenvalue weighted by Gasteiger charge is -2.23. The van der Waals surface area contributed by atoms with Gasteiger partial charge in [0.25, 0.3) is 0 Å². The molecule has 0 amide bonds. The lowest BCUT2D eigenvalue weighted by Crippen LogP contribution is -2.29. The Balaban J connectivity index is 1.88. The Hall–Kier alpha value is -0.480. The van der Waals surface area contributed by atoms with Gasteiger partial charge >= 0.3 is 0 Å². The Labute approximate surface area is 104 Å². The van der Waals surface area contributed by atoms with E-state index < -0.39 is 0 Å². The molecule has 1 atom stereocenters. The van der Waals surface area contributed by atoms with Gasteiger partial charge in [-0.1, -0.05) is 0 Å². The van der Waals surface area contributed by atoms with Gasteiger partial charge in [-0.15, -0.1) is 0 Å². The summed E-state index contributed by atoms with van der Waals surface area (Å²) in [6, 6.07) is 0. The molecule has 2 aliphatic rings. The van der Waals surface area contributed by atoms with Gasteiger partial charge in [0.05, 0.1) is 10.2 Å². The number of rotatable bonds is 2. The second-order valence-electron chi connectivity index (χ2n) is 4.78. The molecule has 0 bridgehead atoms. The fourth-order valence-electron chi connectivity index (χ4n) is 2.30. The fraction of sp³-hybridized carbons (Fsp3) is 0.667. The van der Waals surface area contributed by atoms with Gasteiger partial charge in [0, 0.05) is 24.6 Å². The van der Waals surface area contributed by atoms with Crippen LogP contribution < -0.4 is 5.32 Å². The van der Waals surface area contributed by atoms with Crippen molar-refractivity contribution in [2.75, 3.05) is 13.1 Å². The lowest BCUT2D eigenvalue weighted by atomic mass is 9.96. The number of halogens is 1. The van der Waals surface area contributed by atoms with E-state index in [9.17, 15) is 0 Å². The van der Waals surface area contributed by atoms with Crippen LogP contribution in [0.3, 0.4) is 0 Å². The van der Waals surface area contributed by atoms with Crippen molar-refractivity contribution in [2.45, 2.75) is 37.5 Å². The Morgan fingerprint density at radius 3 is 2.81 bits per heavy atom. The first-order chi connectivity index (χ1) is 7.84. The molecule has 0 radical (unpaired) electrons. The van der Waals surface area contributed by atoms with Crippen molar-refractivity contribution in [3.05, 3.63) is 22.2 Å². The Morgan fingerprint density at radius 2 is 2.12 bits per heavy atom. The lowest BCUT2D eigenvalue weighted by molar-refractivity contribution is 0.451. The molecule has 1 unspecified atom stereocenters. The van der Waals surface area contributed by atoms with E-state index in [2.05, 4.69) is 26.2 Å². The highest BCUT2D eigenvalue weighted by Gasteiger charge is 2.28. The number of aromatic nitrogens is 2. The molecule has 1 aliphatic carbocycles. The third-order valence-electron chi connectivity index (χ3n) is 3.42. The maximum atomic E-state index is 4.76. The first-order valence-corrected chi connectivity index (χ1v) is 6.87. The normalized spacial score (nSPS) is 25.7. The predicted molar refractivity (Wildman–Crippen MR) is 66.6 cm³/mol. The third-order valence-corrected chi connectivity index (χ3v) is 4.03. The first kappa shape index (κ1) is 10.7. The number of hydrogen-bond donors (Lipinski definition) is 1. The van der Waals surface area contributed by atoms with E-state index in [4.69, 9.17) is 4.98 Å². The van der Waals surface area contributed by atoms with Crippen molar-refractivity contribution < 1.29 is 0 Å². The predicted octanol–water partition coefficient (Wildman–Crippen LogP) is 2.58. The molecule has 0 aromatic carbocycles. The topological polar surface area (TPSA) is 37.8 Å². The molecule has 1 saturated heterocycles. The average molecular weight is 282 g/mol. The monoisotopic (exact) mass is 281 g/mol. The Kier molecular flexibility index (Phi) is 2.94. The number of nitrogens with one attached hydrogen (secondary N) is 1. The molecule has 1 aromatic rings. The third kappa shape index (κ3) is 2.13. The Morgan fingerprint density at radius 1 is 1.25 bits per heavy atom. The summed E-state index contributed by atoms with van der Waals surface area (Å²) in [5.41, 5.74) is 1.21. The average Bonchev–Trinajstić information content (AvgIpc) is 3.15. The number of piperidine rings is 1. The number of nitrogens with zero attached hydrogens (tertiary/aromatic N) is 2. The summed E-state index contributed by atoms with van der Waals surface area (Å²) < 4.78 is 1.07. The molecule has 1 aliphatic heterocycles. The highest BCUT2D eigenvalue weighted by Crippen LogP contribution is 2.39. The maximum Gasteiger partial charge on any atom is 0.131 e. The van der Waals surface area contributed by atoms with Crippen molar-refractivity contribution >= 4 is 15.9 Å².